The van der Waals surface area contributed by atoms with Crippen LogP contribution < -0.4 is 10.6 Å². The van der Waals surface area contributed by atoms with Gasteiger partial charge in [0.2, 0.25) is 5.95 Å². The largest absolute Gasteiger partial charge is 0.379 e. The molecule has 3 heterocycles. The molecule has 1 fully saturated rings. The fourth-order valence-corrected chi connectivity index (χ4v) is 3.24. The van der Waals surface area contributed by atoms with E-state index in [-0.39, 0.29) is 0 Å². The van der Waals surface area contributed by atoms with Crippen LogP contribution in [0.15, 0.2) is 30.5 Å². The molecule has 1 aliphatic heterocycles. The number of nitrogens with zero attached hydrogens (tertiary/aromatic N) is 5. The molecule has 142 valence electrons. The number of fused-ring (bicyclic) bond motifs is 1. The van der Waals surface area contributed by atoms with Crippen molar-refractivity contribution in [2.45, 2.75) is 0 Å². The number of benzene rings is 1. The van der Waals surface area contributed by atoms with Gasteiger partial charge in [0.1, 0.15) is 5.82 Å². The van der Waals surface area contributed by atoms with E-state index in [1.165, 1.54) is 0 Å². The highest BCUT2D eigenvalue weighted by Crippen LogP contribution is 2.26. The van der Waals surface area contributed by atoms with Crippen molar-refractivity contribution in [2.24, 2.45) is 7.05 Å². The van der Waals surface area contributed by atoms with E-state index in [2.05, 4.69) is 30.6 Å². The number of aryl methyl sites for hydroxylation is 1. The Kier molecular flexibility index (Phi) is 5.38. The molecule has 4 rings (SSSR count). The highest BCUT2D eigenvalue weighted by molar-refractivity contribution is 6.30. The Hall–Kier alpha value is -2.42. The van der Waals surface area contributed by atoms with Gasteiger partial charge in [0, 0.05) is 43.9 Å². The minimum Gasteiger partial charge on any atom is -0.379 e. The number of morpholine rings is 1. The van der Waals surface area contributed by atoms with Gasteiger partial charge in [-0.25, -0.2) is 0 Å². The third-order valence-corrected chi connectivity index (χ3v) is 4.73. The van der Waals surface area contributed by atoms with Gasteiger partial charge < -0.3 is 15.4 Å². The Bertz CT molecular complexity index is 923. The summed E-state index contributed by atoms with van der Waals surface area (Å²) in [7, 11) is 1.87. The zero-order valence-corrected chi connectivity index (χ0v) is 15.9. The summed E-state index contributed by atoms with van der Waals surface area (Å²) < 4.78 is 7.13. The summed E-state index contributed by atoms with van der Waals surface area (Å²) in [6, 6.07) is 7.54. The van der Waals surface area contributed by atoms with Gasteiger partial charge in [-0.1, -0.05) is 17.7 Å². The van der Waals surface area contributed by atoms with Crippen molar-refractivity contribution in [1.29, 1.82) is 0 Å². The first-order valence-electron chi connectivity index (χ1n) is 8.95. The summed E-state index contributed by atoms with van der Waals surface area (Å²) in [5.41, 5.74) is 1.63. The number of hydrogen-bond acceptors (Lipinski definition) is 7. The van der Waals surface area contributed by atoms with Crippen molar-refractivity contribution >= 4 is 40.1 Å². The topological polar surface area (TPSA) is 80.1 Å². The summed E-state index contributed by atoms with van der Waals surface area (Å²) in [4.78, 5) is 11.6. The lowest BCUT2D eigenvalue weighted by atomic mass is 10.3. The van der Waals surface area contributed by atoms with Crippen molar-refractivity contribution in [1.82, 2.24) is 24.6 Å². The van der Waals surface area contributed by atoms with E-state index >= 15 is 0 Å². The average molecular weight is 388 g/mol. The van der Waals surface area contributed by atoms with Gasteiger partial charge in [-0.2, -0.15) is 15.1 Å². The summed E-state index contributed by atoms with van der Waals surface area (Å²) in [6.07, 6.45) is 1.76. The van der Waals surface area contributed by atoms with Crippen molar-refractivity contribution < 1.29 is 4.74 Å². The van der Waals surface area contributed by atoms with Gasteiger partial charge in [-0.05, 0) is 18.2 Å². The standard InChI is InChI=1S/C18H22ClN7O/c1-25-17-15(12-21-25)16(22-14-4-2-3-13(19)11-14)23-18(24-17)20-5-6-26-7-9-27-10-8-26/h2-4,11-12H,5-10H2,1H3,(H2,20,22,23,24). The minimum atomic E-state index is 0.573. The number of nitrogens with one attached hydrogen (secondary N) is 2. The maximum Gasteiger partial charge on any atom is 0.226 e. The molecule has 0 spiro atoms. The lowest BCUT2D eigenvalue weighted by molar-refractivity contribution is 0.0398. The fraction of sp³-hybridized carbons (Fsp3) is 0.389. The summed E-state index contributed by atoms with van der Waals surface area (Å²) in [6.45, 7) is 5.21. The second-order valence-corrected chi connectivity index (χ2v) is 6.85. The molecule has 0 bridgehead atoms. The Balaban J connectivity index is 1.53. The SMILES string of the molecule is Cn1ncc2c(Nc3cccc(Cl)c3)nc(NCCN3CCOCC3)nc21. The van der Waals surface area contributed by atoms with Crippen LogP contribution >= 0.6 is 11.6 Å². The van der Waals surface area contributed by atoms with E-state index in [0.717, 1.165) is 56.1 Å². The first-order valence-corrected chi connectivity index (χ1v) is 9.33. The van der Waals surface area contributed by atoms with Gasteiger partial charge in [-0.3, -0.25) is 9.58 Å². The molecule has 2 N–H and O–H groups in total. The normalized spacial score (nSPS) is 15.2. The van der Waals surface area contributed by atoms with Crippen LogP contribution in [0.4, 0.5) is 17.5 Å². The molecule has 2 aromatic heterocycles. The third-order valence-electron chi connectivity index (χ3n) is 4.49. The Morgan fingerprint density at radius 2 is 2.07 bits per heavy atom. The lowest BCUT2D eigenvalue weighted by Crippen LogP contribution is -2.39. The molecule has 0 aliphatic carbocycles. The quantitative estimate of drug-likeness (QED) is 0.672. The highest BCUT2D eigenvalue weighted by Gasteiger charge is 2.13. The molecule has 0 unspecified atom stereocenters. The van der Waals surface area contributed by atoms with Crippen LogP contribution in [0.2, 0.25) is 5.02 Å². The van der Waals surface area contributed by atoms with Crippen LogP contribution in [0.1, 0.15) is 0 Å². The molecule has 0 radical (unpaired) electrons. The second kappa shape index (κ2) is 8.08. The van der Waals surface area contributed by atoms with Gasteiger partial charge in [-0.15, -0.1) is 0 Å². The predicted octanol–water partition coefficient (Wildman–Crippen LogP) is 2.50. The molecular weight excluding hydrogens is 366 g/mol. The first kappa shape index (κ1) is 18.0. The summed E-state index contributed by atoms with van der Waals surface area (Å²) in [5, 5.41) is 12.5. The predicted molar refractivity (Wildman–Crippen MR) is 107 cm³/mol. The minimum absolute atomic E-state index is 0.573. The maximum atomic E-state index is 6.09. The number of halogens is 1. The molecule has 1 aromatic carbocycles. The van der Waals surface area contributed by atoms with Crippen molar-refractivity contribution in [3.8, 4) is 0 Å². The number of rotatable bonds is 6. The van der Waals surface area contributed by atoms with E-state index in [4.69, 9.17) is 16.3 Å². The molecule has 0 saturated carbocycles. The van der Waals surface area contributed by atoms with Gasteiger partial charge in [0.15, 0.2) is 5.65 Å². The summed E-state index contributed by atoms with van der Waals surface area (Å²) in [5.74, 6) is 1.27. The molecule has 9 heteroatoms. The van der Waals surface area contributed by atoms with Crippen LogP contribution in [0.5, 0.6) is 0 Å². The van der Waals surface area contributed by atoms with Crippen LogP contribution in [0, 0.1) is 0 Å². The molecule has 0 atom stereocenters. The highest BCUT2D eigenvalue weighted by atomic mass is 35.5. The van der Waals surface area contributed by atoms with Crippen molar-refractivity contribution in [3.63, 3.8) is 0 Å². The molecule has 3 aromatic rings. The number of aromatic nitrogens is 4. The van der Waals surface area contributed by atoms with E-state index in [1.807, 2.05) is 31.3 Å². The molecule has 0 amide bonds. The second-order valence-electron chi connectivity index (χ2n) is 6.42. The lowest BCUT2D eigenvalue weighted by Gasteiger charge is -2.26. The Morgan fingerprint density at radius 3 is 2.89 bits per heavy atom. The molecule has 1 saturated heterocycles. The zero-order chi connectivity index (χ0) is 18.6. The summed E-state index contributed by atoms with van der Waals surface area (Å²) >= 11 is 6.09. The Labute approximate surface area is 162 Å². The van der Waals surface area contributed by atoms with Crippen LogP contribution in [0.3, 0.4) is 0 Å². The van der Waals surface area contributed by atoms with Crippen molar-refractivity contribution in [2.75, 3.05) is 50.0 Å². The molecular formula is C18H22ClN7O. The van der Waals surface area contributed by atoms with Gasteiger partial charge >= 0.3 is 0 Å². The van der Waals surface area contributed by atoms with Crippen LogP contribution in [0.25, 0.3) is 11.0 Å². The third kappa shape index (κ3) is 4.29. The molecule has 1 aliphatic rings. The van der Waals surface area contributed by atoms with Crippen molar-refractivity contribution in [3.05, 3.63) is 35.5 Å². The average Bonchev–Trinajstić information content (AvgIpc) is 3.04. The van der Waals surface area contributed by atoms with E-state index in [9.17, 15) is 0 Å². The molecule has 27 heavy (non-hydrogen) atoms. The van der Waals surface area contributed by atoms with Gasteiger partial charge in [0.25, 0.3) is 0 Å². The van der Waals surface area contributed by atoms with E-state index < -0.39 is 0 Å². The van der Waals surface area contributed by atoms with E-state index in [1.54, 1.807) is 10.9 Å². The van der Waals surface area contributed by atoms with Crippen LogP contribution in [-0.2, 0) is 11.8 Å². The van der Waals surface area contributed by atoms with Crippen LogP contribution in [-0.4, -0.2) is 64.0 Å². The Morgan fingerprint density at radius 1 is 1.22 bits per heavy atom. The molecule has 8 nitrogen and oxygen atoms in total. The monoisotopic (exact) mass is 387 g/mol. The smallest absolute Gasteiger partial charge is 0.226 e. The van der Waals surface area contributed by atoms with E-state index in [0.29, 0.717) is 16.8 Å². The fourth-order valence-electron chi connectivity index (χ4n) is 3.05. The number of hydrogen-bond donors (Lipinski definition) is 2. The maximum absolute atomic E-state index is 6.09. The zero-order valence-electron chi connectivity index (χ0n) is 15.2. The number of ether oxygens (including phenoxy) is 1. The number of anilines is 3. The van der Waals surface area contributed by atoms with Gasteiger partial charge in [0.05, 0.1) is 24.8 Å². The first-order chi connectivity index (χ1) is 13.2.